The van der Waals surface area contributed by atoms with Crippen LogP contribution in [0.3, 0.4) is 0 Å². The first-order valence-electron chi connectivity index (χ1n) is 5.78. The molecule has 0 aliphatic heterocycles. The summed E-state index contributed by atoms with van der Waals surface area (Å²) in [6, 6.07) is 21.5. The average Bonchev–Trinajstić information content (AvgIpc) is 2.40. The van der Waals surface area contributed by atoms with Crippen molar-refractivity contribution in [1.82, 2.24) is 0 Å². The number of benzene rings is 2. The van der Waals surface area contributed by atoms with Gasteiger partial charge in [-0.2, -0.15) is 0 Å². The fourth-order valence-corrected chi connectivity index (χ4v) is 177. The Hall–Kier alpha value is 1.96. The first-order chi connectivity index (χ1) is 8.92. The van der Waals surface area contributed by atoms with Gasteiger partial charge in [0.2, 0.25) is 0 Å². The van der Waals surface area contributed by atoms with E-state index in [1.54, 1.807) is 0 Å². The van der Waals surface area contributed by atoms with Gasteiger partial charge >= 0.3 is 149 Å². The first-order valence-corrected chi connectivity index (χ1v) is 38.3. The Bertz CT molecular complexity index is 479. The van der Waals surface area contributed by atoms with E-state index in [0.717, 1.165) is 0 Å². The fourth-order valence-electron chi connectivity index (χ4n) is 1.85. The average molecular weight is 725 g/mol. The second kappa shape index (κ2) is 7.48. The monoisotopic (exact) mass is 724 g/mol. The van der Waals surface area contributed by atoms with Gasteiger partial charge in [0.05, 0.1) is 0 Å². The maximum atomic E-state index is 4.04. The second-order valence-corrected chi connectivity index (χ2v) is 74.0. The molecule has 0 saturated carbocycles. The van der Waals surface area contributed by atoms with E-state index in [1.165, 1.54) is 9.61 Å². The molecule has 0 atom stereocenters. The zero-order chi connectivity index (χ0) is 13.9. The Morgan fingerprint density at radius 1 is 0.579 bits per heavy atom. The van der Waals surface area contributed by atoms with Crippen molar-refractivity contribution >= 4 is 85.8 Å². The van der Waals surface area contributed by atoms with E-state index < -0.39 is 27.9 Å². The van der Waals surface area contributed by atoms with Crippen LogP contribution in [0.25, 0.3) is 0 Å². The van der Waals surface area contributed by atoms with Crippen LogP contribution in [-0.4, -0.2) is 27.9 Å². The second-order valence-electron chi connectivity index (χ2n) is 4.32. The molecule has 0 saturated heterocycles. The van der Waals surface area contributed by atoms with E-state index in [1.807, 2.05) is 0 Å². The van der Waals surface area contributed by atoms with Crippen LogP contribution in [0.15, 0.2) is 60.7 Å². The summed E-state index contributed by atoms with van der Waals surface area (Å²) in [5.41, 5.74) is 0. The molecule has 19 heavy (non-hydrogen) atoms. The van der Waals surface area contributed by atoms with Crippen LogP contribution < -0.4 is 7.16 Å². The van der Waals surface area contributed by atoms with Crippen molar-refractivity contribution in [3.05, 3.63) is 60.7 Å². The molecule has 0 radical (unpaired) electrons. The van der Waals surface area contributed by atoms with Crippen molar-refractivity contribution < 1.29 is 0 Å². The molecule has 0 spiro atoms. The van der Waals surface area contributed by atoms with Gasteiger partial charge in [-0.05, 0) is 0 Å². The third-order valence-electron chi connectivity index (χ3n) is 2.84. The first kappa shape index (κ1) is 17.3. The third kappa shape index (κ3) is 4.98. The Kier molecular flexibility index (Phi) is 6.82. The van der Waals surface area contributed by atoms with Crippen LogP contribution in [0.5, 0.6) is 0 Å². The molecule has 0 fully saturated rings. The molecule has 6 heteroatoms. The van der Waals surface area contributed by atoms with Gasteiger partial charge in [0.15, 0.2) is 0 Å². The van der Waals surface area contributed by atoms with Crippen molar-refractivity contribution in [1.29, 1.82) is 0 Å². The van der Waals surface area contributed by atoms with E-state index in [-0.39, 0.29) is 0 Å². The van der Waals surface area contributed by atoms with Gasteiger partial charge in [-0.3, -0.25) is 0 Å². The molecule has 2 aromatic rings. The third-order valence-corrected chi connectivity index (χ3v) is 91.8. The van der Waals surface area contributed by atoms with Crippen LogP contribution in [0.1, 0.15) is 0 Å². The minimum absolute atomic E-state index is 1.22. The summed E-state index contributed by atoms with van der Waals surface area (Å²) in [5, 5.41) is 0. The molecule has 100 valence electrons. The summed E-state index contributed by atoms with van der Waals surface area (Å²) in [7, 11) is 0. The van der Waals surface area contributed by atoms with E-state index >= 15 is 0 Å². The predicted octanol–water partition coefficient (Wildman–Crippen LogP) is 4.80. The topological polar surface area (TPSA) is 0 Å². The van der Waals surface area contributed by atoms with Crippen molar-refractivity contribution in [2.45, 2.75) is 2.45 Å². The molecule has 2 aromatic carbocycles. The van der Waals surface area contributed by atoms with Gasteiger partial charge in [0.25, 0.3) is 0 Å². The minimum atomic E-state index is -2.58. The molecule has 0 aliphatic rings. The number of hydrogen-bond donors (Lipinski definition) is 0. The molecule has 0 N–H and O–H groups in total. The van der Waals surface area contributed by atoms with E-state index in [9.17, 15) is 0 Å². The molecule has 0 heterocycles. The van der Waals surface area contributed by atoms with Gasteiger partial charge in [0, 0.05) is 0 Å². The number of halogens is 4. The molecular weight excluding hydrogens is 713 g/mol. The fraction of sp³-hybridized carbons (Fsp3) is 0.0769. The Labute approximate surface area is 146 Å². The van der Waals surface area contributed by atoms with E-state index in [2.05, 4.69) is 111 Å². The Balaban J connectivity index is 2.25. The summed E-state index contributed by atoms with van der Waals surface area (Å²) in [6.07, 6.45) is 0. The summed E-state index contributed by atoms with van der Waals surface area (Å²) < 4.78 is 4.12. The van der Waals surface area contributed by atoms with E-state index in [0.29, 0.717) is 0 Å². The Morgan fingerprint density at radius 3 is 1.21 bits per heavy atom. The predicted molar refractivity (Wildman–Crippen MR) is 104 cm³/mol. The van der Waals surface area contributed by atoms with Gasteiger partial charge in [-0.1, -0.05) is 0 Å². The summed E-state index contributed by atoms with van der Waals surface area (Å²) >= 11 is 11.0. The molecule has 0 unspecified atom stereocenters. The van der Waals surface area contributed by atoms with Crippen LogP contribution in [-0.2, 0) is 0 Å². The molecule has 2 rings (SSSR count). The van der Waals surface area contributed by atoms with Crippen LogP contribution in [0.4, 0.5) is 0 Å². The van der Waals surface area contributed by atoms with Crippen LogP contribution in [0, 0.1) is 0 Å². The molecule has 0 nitrogen and oxygen atoms in total. The maximum absolute atomic E-state index is 4.04. The van der Waals surface area contributed by atoms with Crippen molar-refractivity contribution in [2.24, 2.45) is 0 Å². The summed E-state index contributed by atoms with van der Waals surface area (Å²) in [6.45, 7) is 0. The van der Waals surface area contributed by atoms with E-state index in [4.69, 9.17) is 0 Å². The molecule has 0 aliphatic carbocycles. The summed E-state index contributed by atoms with van der Waals surface area (Å²) in [4.78, 5) is 0. The molecule has 0 bridgehead atoms. The van der Waals surface area contributed by atoms with Gasteiger partial charge in [0.1, 0.15) is 0 Å². The molecule has 0 amide bonds. The van der Waals surface area contributed by atoms with Gasteiger partial charge in [-0.15, -0.1) is 0 Å². The molecular formula is C13H12Br4Sn2. The van der Waals surface area contributed by atoms with Crippen molar-refractivity contribution in [2.75, 3.05) is 0 Å². The molecule has 0 aromatic heterocycles. The zero-order valence-corrected chi connectivity index (χ0v) is 22.0. The number of rotatable bonds is 4. The standard InChI is InChI=1S/2C6H5.CH2.4BrH.2Sn/c2*1-2-4-6-5-3-1;;;;;;;/h2*1-5H;1H2;4*1H;;/q;;;;;;;2*+2/p-4. The van der Waals surface area contributed by atoms with Crippen molar-refractivity contribution in [3.63, 3.8) is 0 Å². The van der Waals surface area contributed by atoms with Crippen LogP contribution in [0.2, 0.25) is 2.45 Å². The van der Waals surface area contributed by atoms with Gasteiger partial charge < -0.3 is 0 Å². The normalized spacial score (nSPS) is 12.4. The number of hydrogen-bond acceptors (Lipinski definition) is 0. The Morgan fingerprint density at radius 2 is 0.895 bits per heavy atom. The van der Waals surface area contributed by atoms with Crippen LogP contribution >= 0.6 is 50.8 Å². The van der Waals surface area contributed by atoms with Gasteiger partial charge in [-0.25, -0.2) is 0 Å². The summed E-state index contributed by atoms with van der Waals surface area (Å²) in [5.74, 6) is 0. The quantitative estimate of drug-likeness (QED) is 0.398. The zero-order valence-electron chi connectivity index (χ0n) is 9.99. The van der Waals surface area contributed by atoms with Crippen molar-refractivity contribution in [3.8, 4) is 0 Å². The SMILES string of the molecule is [Br][Sn]([Br])([CH2][Sn]([Br])([Br])[c]1ccccc1)[c]1ccccc1.